The lowest BCUT2D eigenvalue weighted by Crippen LogP contribution is -2.48. The summed E-state index contributed by atoms with van der Waals surface area (Å²) in [5, 5.41) is 2.85. The van der Waals surface area contributed by atoms with Gasteiger partial charge < -0.3 is 9.73 Å². The third-order valence-electron chi connectivity index (χ3n) is 4.92. The monoisotopic (exact) mass is 509 g/mol. The van der Waals surface area contributed by atoms with Crippen molar-refractivity contribution >= 4 is 43.2 Å². The molecule has 3 heterocycles. The summed E-state index contributed by atoms with van der Waals surface area (Å²) >= 11 is 4.50. The van der Waals surface area contributed by atoms with Gasteiger partial charge in [0, 0.05) is 17.6 Å². The number of hydrogen-bond donors (Lipinski definition) is 1. The Morgan fingerprint density at radius 3 is 2.73 bits per heavy atom. The Morgan fingerprint density at radius 1 is 1.20 bits per heavy atom. The molecular formula is C20H20BrN3O4S2. The number of benzene rings is 1. The van der Waals surface area contributed by atoms with Crippen LogP contribution in [0.5, 0.6) is 0 Å². The molecule has 0 saturated carbocycles. The predicted octanol–water partition coefficient (Wildman–Crippen LogP) is 4.03. The fourth-order valence-electron chi connectivity index (χ4n) is 3.37. The van der Waals surface area contributed by atoms with Gasteiger partial charge in [0.2, 0.25) is 5.91 Å². The summed E-state index contributed by atoms with van der Waals surface area (Å²) in [6, 6.07) is 9.94. The summed E-state index contributed by atoms with van der Waals surface area (Å²) in [6.45, 7) is 0.680. The summed E-state index contributed by atoms with van der Waals surface area (Å²) in [6.07, 6.45) is 4.95. The molecule has 158 valence electrons. The first-order chi connectivity index (χ1) is 14.4. The fourth-order valence-corrected chi connectivity index (χ4v) is 6.63. The molecule has 0 bridgehead atoms. The Labute approximate surface area is 187 Å². The Morgan fingerprint density at radius 2 is 2.00 bits per heavy atom. The van der Waals surface area contributed by atoms with Gasteiger partial charge in [0.25, 0.3) is 10.0 Å². The average molecular weight is 510 g/mol. The van der Waals surface area contributed by atoms with E-state index in [9.17, 15) is 13.2 Å². The second-order valence-electron chi connectivity index (χ2n) is 6.96. The molecule has 0 unspecified atom stereocenters. The minimum absolute atomic E-state index is 0.114. The maximum absolute atomic E-state index is 13.6. The van der Waals surface area contributed by atoms with Crippen molar-refractivity contribution in [1.29, 1.82) is 0 Å². The minimum Gasteiger partial charge on any atom is -0.443 e. The molecule has 7 nitrogen and oxygen atoms in total. The van der Waals surface area contributed by atoms with E-state index in [4.69, 9.17) is 4.42 Å². The molecule has 2 aromatic heterocycles. The summed E-state index contributed by atoms with van der Waals surface area (Å²) in [5.41, 5.74) is 0.811. The molecule has 1 amide bonds. The van der Waals surface area contributed by atoms with Gasteiger partial charge >= 0.3 is 0 Å². The first-order valence-corrected chi connectivity index (χ1v) is 12.5. The minimum atomic E-state index is -3.91. The van der Waals surface area contributed by atoms with Crippen LogP contribution in [0.4, 0.5) is 0 Å². The largest absolute Gasteiger partial charge is 0.443 e. The van der Waals surface area contributed by atoms with Crippen LogP contribution in [-0.2, 0) is 21.4 Å². The number of aromatic nitrogens is 1. The molecule has 1 atom stereocenters. The normalized spacial score (nSPS) is 17.7. The second kappa shape index (κ2) is 9.01. The number of nitrogens with zero attached hydrogens (tertiary/aromatic N) is 2. The SMILES string of the molecule is O=C1NCCCC[C@H]1N(Cc1ccc(Br)cc1)S(=O)(=O)c1ccc(-c2cnco2)s1. The lowest BCUT2D eigenvalue weighted by Gasteiger charge is -2.28. The number of oxazole rings is 1. The third-order valence-corrected chi connectivity index (χ3v) is 8.88. The molecule has 1 N–H and O–H groups in total. The van der Waals surface area contributed by atoms with Crippen LogP contribution in [-0.4, -0.2) is 36.2 Å². The lowest BCUT2D eigenvalue weighted by atomic mass is 10.1. The average Bonchev–Trinajstić information content (AvgIpc) is 3.39. The van der Waals surface area contributed by atoms with Crippen LogP contribution < -0.4 is 5.32 Å². The quantitative estimate of drug-likeness (QED) is 0.541. The van der Waals surface area contributed by atoms with Crippen molar-refractivity contribution in [3.05, 3.63) is 59.0 Å². The molecule has 1 aliphatic rings. The van der Waals surface area contributed by atoms with Gasteiger partial charge in [-0.15, -0.1) is 11.3 Å². The van der Waals surface area contributed by atoms with Gasteiger partial charge in [-0.1, -0.05) is 28.1 Å². The Bertz CT molecular complexity index is 1110. The molecule has 3 aromatic rings. The van der Waals surface area contributed by atoms with Crippen LogP contribution in [0.25, 0.3) is 10.6 Å². The zero-order valence-corrected chi connectivity index (χ0v) is 19.2. The zero-order valence-electron chi connectivity index (χ0n) is 16.0. The highest BCUT2D eigenvalue weighted by Crippen LogP contribution is 2.34. The van der Waals surface area contributed by atoms with Crippen LogP contribution in [0, 0.1) is 0 Å². The molecule has 0 aliphatic carbocycles. The number of halogens is 1. The van der Waals surface area contributed by atoms with Crippen molar-refractivity contribution in [2.75, 3.05) is 6.54 Å². The van der Waals surface area contributed by atoms with Crippen LogP contribution in [0.3, 0.4) is 0 Å². The van der Waals surface area contributed by atoms with E-state index >= 15 is 0 Å². The molecular weight excluding hydrogens is 490 g/mol. The standard InChI is InChI=1S/C20H20BrN3O4S2/c21-15-6-4-14(5-7-15)12-24(16-3-1-2-10-23-20(16)25)30(26,27)19-9-8-18(29-19)17-11-22-13-28-17/h4-9,11,13,16H,1-3,10,12H2,(H,23,25)/t16-/m1/s1. The van der Waals surface area contributed by atoms with Crippen molar-refractivity contribution in [3.8, 4) is 10.6 Å². The highest BCUT2D eigenvalue weighted by Gasteiger charge is 2.37. The van der Waals surface area contributed by atoms with Gasteiger partial charge in [0.15, 0.2) is 12.2 Å². The van der Waals surface area contributed by atoms with E-state index in [-0.39, 0.29) is 16.7 Å². The highest BCUT2D eigenvalue weighted by atomic mass is 79.9. The van der Waals surface area contributed by atoms with Gasteiger partial charge in [-0.3, -0.25) is 4.79 Å². The Balaban J connectivity index is 1.71. The number of thiophene rings is 1. The van der Waals surface area contributed by atoms with Crippen molar-refractivity contribution in [2.45, 2.75) is 36.1 Å². The predicted molar refractivity (Wildman–Crippen MR) is 117 cm³/mol. The van der Waals surface area contributed by atoms with E-state index in [0.29, 0.717) is 23.6 Å². The topological polar surface area (TPSA) is 92.5 Å². The number of hydrogen-bond acceptors (Lipinski definition) is 6. The van der Waals surface area contributed by atoms with Gasteiger partial charge in [-0.2, -0.15) is 4.31 Å². The molecule has 1 fully saturated rings. The van der Waals surface area contributed by atoms with E-state index in [1.54, 1.807) is 18.3 Å². The Kier molecular flexibility index (Phi) is 6.37. The maximum Gasteiger partial charge on any atom is 0.253 e. The summed E-state index contributed by atoms with van der Waals surface area (Å²) < 4.78 is 35.0. The molecule has 1 saturated heterocycles. The number of amides is 1. The fraction of sp³-hybridized carbons (Fsp3) is 0.300. The van der Waals surface area contributed by atoms with Crippen LogP contribution in [0.2, 0.25) is 0 Å². The summed E-state index contributed by atoms with van der Waals surface area (Å²) in [4.78, 5) is 17.3. The van der Waals surface area contributed by atoms with Gasteiger partial charge in [-0.25, -0.2) is 13.4 Å². The van der Waals surface area contributed by atoms with E-state index in [1.807, 2.05) is 24.3 Å². The molecule has 30 heavy (non-hydrogen) atoms. The molecule has 1 aromatic carbocycles. The van der Waals surface area contributed by atoms with Gasteiger partial charge in [-0.05, 0) is 49.1 Å². The van der Waals surface area contributed by atoms with Crippen molar-refractivity contribution in [2.24, 2.45) is 0 Å². The van der Waals surface area contributed by atoms with Crippen molar-refractivity contribution < 1.29 is 17.6 Å². The Hall–Kier alpha value is -2.01. The molecule has 0 radical (unpaired) electrons. The smallest absolute Gasteiger partial charge is 0.253 e. The van der Waals surface area contributed by atoms with Crippen LogP contribution >= 0.6 is 27.3 Å². The second-order valence-corrected chi connectivity index (χ2v) is 11.1. The number of carbonyl (C=O) groups excluding carboxylic acids is 1. The number of rotatable bonds is 6. The zero-order chi connectivity index (χ0) is 21.1. The van der Waals surface area contributed by atoms with Gasteiger partial charge in [0.1, 0.15) is 10.3 Å². The summed E-state index contributed by atoms with van der Waals surface area (Å²) in [7, 11) is -3.91. The van der Waals surface area contributed by atoms with Crippen molar-refractivity contribution in [1.82, 2.24) is 14.6 Å². The lowest BCUT2D eigenvalue weighted by molar-refractivity contribution is -0.124. The molecule has 10 heteroatoms. The first kappa shape index (κ1) is 21.2. The van der Waals surface area contributed by atoms with E-state index < -0.39 is 16.1 Å². The first-order valence-electron chi connectivity index (χ1n) is 9.48. The molecule has 0 spiro atoms. The van der Waals surface area contributed by atoms with Crippen LogP contribution in [0.15, 0.2) is 62.1 Å². The van der Waals surface area contributed by atoms with Gasteiger partial charge in [0.05, 0.1) is 11.1 Å². The third kappa shape index (κ3) is 4.51. The molecule has 1 aliphatic heterocycles. The number of nitrogens with one attached hydrogen (secondary N) is 1. The highest BCUT2D eigenvalue weighted by molar-refractivity contribution is 9.10. The van der Waals surface area contributed by atoms with E-state index in [0.717, 1.165) is 34.2 Å². The summed E-state index contributed by atoms with van der Waals surface area (Å²) in [5.74, 6) is 0.258. The molecule has 4 rings (SSSR count). The van der Waals surface area contributed by atoms with Crippen molar-refractivity contribution in [3.63, 3.8) is 0 Å². The maximum atomic E-state index is 13.6. The van der Waals surface area contributed by atoms with E-state index in [1.165, 1.54) is 10.7 Å². The van der Waals surface area contributed by atoms with E-state index in [2.05, 4.69) is 26.2 Å². The number of sulfonamides is 1. The number of carbonyl (C=O) groups is 1. The van der Waals surface area contributed by atoms with Crippen LogP contribution in [0.1, 0.15) is 24.8 Å².